The van der Waals surface area contributed by atoms with Crippen LogP contribution in [0.2, 0.25) is 0 Å². The van der Waals surface area contributed by atoms with Crippen molar-refractivity contribution >= 4 is 12.6 Å². The van der Waals surface area contributed by atoms with Crippen molar-refractivity contribution in [2.75, 3.05) is 0 Å². The maximum atomic E-state index is 6.23. The molecule has 3 nitrogen and oxygen atoms in total. The van der Waals surface area contributed by atoms with Crippen molar-refractivity contribution in [3.8, 4) is 5.75 Å². The molecular weight excluding hydrogens is 323 g/mol. The van der Waals surface area contributed by atoms with Gasteiger partial charge in [-0.05, 0) is 82.3 Å². The van der Waals surface area contributed by atoms with Crippen LogP contribution in [0.5, 0.6) is 5.75 Å². The Morgan fingerprint density at radius 2 is 1.38 bits per heavy atom. The van der Waals surface area contributed by atoms with Crippen molar-refractivity contribution in [1.29, 1.82) is 0 Å². The van der Waals surface area contributed by atoms with Crippen molar-refractivity contribution < 1.29 is 14.0 Å². The second-order valence-corrected chi connectivity index (χ2v) is 10.1. The fourth-order valence-electron chi connectivity index (χ4n) is 3.92. The molecular formula is C22H35BO3. The van der Waals surface area contributed by atoms with Gasteiger partial charge in [0, 0.05) is 0 Å². The topological polar surface area (TPSA) is 27.7 Å². The van der Waals surface area contributed by atoms with Crippen molar-refractivity contribution in [2.24, 2.45) is 11.3 Å². The van der Waals surface area contributed by atoms with E-state index in [-0.39, 0.29) is 18.3 Å². The predicted octanol–water partition coefficient (Wildman–Crippen LogP) is 4.97. The number of ether oxygens (including phenoxy) is 1. The Balaban J connectivity index is 1.56. The molecule has 0 aromatic heterocycles. The Morgan fingerprint density at radius 1 is 0.885 bits per heavy atom. The largest absolute Gasteiger partial charge is 0.494 e. The van der Waals surface area contributed by atoms with E-state index in [0.29, 0.717) is 11.5 Å². The van der Waals surface area contributed by atoms with Gasteiger partial charge in [-0.1, -0.05) is 32.9 Å². The van der Waals surface area contributed by atoms with Gasteiger partial charge >= 0.3 is 7.12 Å². The average Bonchev–Trinajstić information content (AvgIpc) is 2.76. The Morgan fingerprint density at radius 3 is 1.85 bits per heavy atom. The summed E-state index contributed by atoms with van der Waals surface area (Å²) in [5.74, 6) is 1.76. The maximum absolute atomic E-state index is 6.23. The zero-order chi connectivity index (χ0) is 19.2. The summed E-state index contributed by atoms with van der Waals surface area (Å²) in [5.41, 5.74) is 0.847. The molecule has 3 rings (SSSR count). The predicted molar refractivity (Wildman–Crippen MR) is 108 cm³/mol. The van der Waals surface area contributed by atoms with Crippen LogP contribution in [0.25, 0.3) is 0 Å². The van der Waals surface area contributed by atoms with E-state index in [4.69, 9.17) is 14.0 Å². The van der Waals surface area contributed by atoms with Crippen LogP contribution < -0.4 is 10.2 Å². The zero-order valence-electron chi connectivity index (χ0n) is 17.6. The van der Waals surface area contributed by atoms with E-state index in [9.17, 15) is 0 Å². The summed E-state index contributed by atoms with van der Waals surface area (Å²) < 4.78 is 18.5. The van der Waals surface area contributed by atoms with E-state index in [1.54, 1.807) is 0 Å². The fourth-order valence-corrected chi connectivity index (χ4v) is 3.92. The van der Waals surface area contributed by atoms with Gasteiger partial charge in [0.05, 0.1) is 17.3 Å². The number of hydrogen-bond donors (Lipinski definition) is 0. The molecule has 1 aromatic carbocycles. The molecule has 0 atom stereocenters. The molecule has 26 heavy (non-hydrogen) atoms. The molecule has 1 aliphatic carbocycles. The van der Waals surface area contributed by atoms with Gasteiger partial charge in [-0.3, -0.25) is 0 Å². The minimum absolute atomic E-state index is 0.307. The van der Waals surface area contributed by atoms with E-state index in [2.05, 4.69) is 72.7 Å². The molecule has 144 valence electrons. The van der Waals surface area contributed by atoms with Crippen molar-refractivity contribution in [3.05, 3.63) is 24.3 Å². The third kappa shape index (κ3) is 4.12. The number of hydrogen-bond acceptors (Lipinski definition) is 3. The minimum atomic E-state index is -0.309. The summed E-state index contributed by atoms with van der Waals surface area (Å²) in [6.45, 7) is 15.4. The van der Waals surface area contributed by atoms with Gasteiger partial charge in [0.2, 0.25) is 0 Å². The smallest absolute Gasteiger partial charge is 0.490 e. The molecule has 1 aromatic rings. The van der Waals surface area contributed by atoms with Gasteiger partial charge in [0.25, 0.3) is 0 Å². The molecule has 2 fully saturated rings. The summed E-state index contributed by atoms with van der Waals surface area (Å²) in [5, 5.41) is 0. The summed E-state index contributed by atoms with van der Waals surface area (Å²) in [6, 6.07) is 8.24. The first-order valence-corrected chi connectivity index (χ1v) is 10.1. The van der Waals surface area contributed by atoms with Gasteiger partial charge in [-0.25, -0.2) is 0 Å². The second-order valence-electron chi connectivity index (χ2n) is 10.1. The molecule has 4 heteroatoms. The quantitative estimate of drug-likeness (QED) is 0.714. The van der Waals surface area contributed by atoms with Crippen molar-refractivity contribution in [3.63, 3.8) is 0 Å². The van der Waals surface area contributed by atoms with Crippen LogP contribution in [0.1, 0.15) is 74.1 Å². The third-order valence-electron chi connectivity index (χ3n) is 6.61. The van der Waals surface area contributed by atoms with Crippen LogP contribution in [0, 0.1) is 11.3 Å². The lowest BCUT2D eigenvalue weighted by molar-refractivity contribution is 0.00578. The highest BCUT2D eigenvalue weighted by molar-refractivity contribution is 6.62. The lowest BCUT2D eigenvalue weighted by Crippen LogP contribution is -2.41. The van der Waals surface area contributed by atoms with Gasteiger partial charge < -0.3 is 14.0 Å². The van der Waals surface area contributed by atoms with Gasteiger partial charge in [0.1, 0.15) is 5.75 Å². The highest BCUT2D eigenvalue weighted by atomic mass is 16.7. The molecule has 2 aliphatic rings. The third-order valence-corrected chi connectivity index (χ3v) is 6.61. The molecule has 0 unspecified atom stereocenters. The van der Waals surface area contributed by atoms with Gasteiger partial charge in [-0.15, -0.1) is 0 Å². The SMILES string of the molecule is CC(C)(C)C1CCC(Oc2ccc(B3OC(C)(C)C(C)(C)O3)cc2)CC1. The van der Waals surface area contributed by atoms with Crippen LogP contribution >= 0.6 is 0 Å². The highest BCUT2D eigenvalue weighted by Crippen LogP contribution is 2.39. The summed E-state index contributed by atoms with van der Waals surface area (Å²) in [6.07, 6.45) is 5.18. The van der Waals surface area contributed by atoms with Crippen LogP contribution in [-0.4, -0.2) is 24.4 Å². The monoisotopic (exact) mass is 358 g/mol. The molecule has 0 N–H and O–H groups in total. The van der Waals surface area contributed by atoms with Crippen molar-refractivity contribution in [1.82, 2.24) is 0 Å². The number of rotatable bonds is 3. The molecule has 0 spiro atoms. The molecule has 1 saturated carbocycles. The van der Waals surface area contributed by atoms with Gasteiger partial charge in [-0.2, -0.15) is 0 Å². The first-order chi connectivity index (χ1) is 12.0. The first kappa shape index (κ1) is 19.8. The lowest BCUT2D eigenvalue weighted by Gasteiger charge is -2.36. The Labute approximate surface area is 159 Å². The van der Waals surface area contributed by atoms with E-state index in [1.807, 2.05) is 0 Å². The molecule has 0 bridgehead atoms. The van der Waals surface area contributed by atoms with Crippen molar-refractivity contribution in [2.45, 2.75) is 91.5 Å². The zero-order valence-corrected chi connectivity index (χ0v) is 17.6. The highest BCUT2D eigenvalue weighted by Gasteiger charge is 2.51. The second kappa shape index (κ2) is 6.87. The fraction of sp³-hybridized carbons (Fsp3) is 0.727. The average molecular weight is 358 g/mol. The summed E-state index contributed by atoms with van der Waals surface area (Å²) in [4.78, 5) is 0. The molecule has 0 radical (unpaired) electrons. The Kier molecular flexibility index (Phi) is 5.22. The standard InChI is InChI=1S/C22H35BO3/c1-20(2,3)16-8-12-18(13-9-16)24-19-14-10-17(11-15-19)23-25-21(4,5)22(6,7)26-23/h10-11,14-16,18H,8-9,12-13H2,1-7H3. The Hall–Kier alpha value is -0.995. The van der Waals surface area contributed by atoms with Gasteiger partial charge in [0.15, 0.2) is 0 Å². The number of benzene rings is 1. The molecule has 0 amide bonds. The lowest BCUT2D eigenvalue weighted by atomic mass is 9.72. The summed E-state index contributed by atoms with van der Waals surface area (Å²) >= 11 is 0. The van der Waals surface area contributed by atoms with E-state index in [1.165, 1.54) is 12.8 Å². The van der Waals surface area contributed by atoms with Crippen LogP contribution in [0.4, 0.5) is 0 Å². The van der Waals surface area contributed by atoms with Crippen LogP contribution in [0.15, 0.2) is 24.3 Å². The van der Waals surface area contributed by atoms with Crippen LogP contribution in [0.3, 0.4) is 0 Å². The van der Waals surface area contributed by atoms with E-state index in [0.717, 1.165) is 30.0 Å². The molecule has 1 aliphatic heterocycles. The normalized spacial score (nSPS) is 28.2. The molecule has 1 saturated heterocycles. The maximum Gasteiger partial charge on any atom is 0.494 e. The molecule has 1 heterocycles. The van der Waals surface area contributed by atoms with E-state index >= 15 is 0 Å². The summed E-state index contributed by atoms with van der Waals surface area (Å²) in [7, 11) is -0.309. The van der Waals surface area contributed by atoms with E-state index < -0.39 is 0 Å². The minimum Gasteiger partial charge on any atom is -0.490 e. The van der Waals surface area contributed by atoms with Crippen LogP contribution in [-0.2, 0) is 9.31 Å². The Bertz CT molecular complexity index is 591. The first-order valence-electron chi connectivity index (χ1n) is 10.1.